The molecule has 1 aromatic carbocycles. The standard InChI is InChI=1S/C17H26ClN/c1-14(2)5-4-6-15(3)11-12-19-13-16-7-9-17(18)10-8-16/h5,7-10,15,19H,4,6,11-13H2,1-3H3. The minimum Gasteiger partial charge on any atom is -0.313 e. The molecule has 0 bridgehead atoms. The van der Waals surface area contributed by atoms with Gasteiger partial charge in [0, 0.05) is 11.6 Å². The highest BCUT2D eigenvalue weighted by atomic mass is 35.5. The summed E-state index contributed by atoms with van der Waals surface area (Å²) in [7, 11) is 0. The van der Waals surface area contributed by atoms with Crippen LogP contribution in [0.1, 0.15) is 45.6 Å². The quantitative estimate of drug-likeness (QED) is 0.509. The average molecular weight is 280 g/mol. The summed E-state index contributed by atoms with van der Waals surface area (Å²) in [5.74, 6) is 0.785. The molecular weight excluding hydrogens is 254 g/mol. The molecule has 0 saturated heterocycles. The zero-order chi connectivity index (χ0) is 14.1. The van der Waals surface area contributed by atoms with E-state index in [1.54, 1.807) is 0 Å². The minimum absolute atomic E-state index is 0.785. The summed E-state index contributed by atoms with van der Waals surface area (Å²) < 4.78 is 0. The summed E-state index contributed by atoms with van der Waals surface area (Å²) in [4.78, 5) is 0. The predicted octanol–water partition coefficient (Wildman–Crippen LogP) is 5.20. The highest BCUT2D eigenvalue weighted by molar-refractivity contribution is 6.30. The molecule has 0 aliphatic carbocycles. The van der Waals surface area contributed by atoms with Crippen LogP contribution in [0, 0.1) is 5.92 Å². The first kappa shape index (κ1) is 16.3. The maximum absolute atomic E-state index is 5.86. The van der Waals surface area contributed by atoms with Crippen molar-refractivity contribution in [2.45, 2.75) is 46.6 Å². The summed E-state index contributed by atoms with van der Waals surface area (Å²) in [5, 5.41) is 4.30. The van der Waals surface area contributed by atoms with E-state index >= 15 is 0 Å². The highest BCUT2D eigenvalue weighted by Crippen LogP contribution is 2.12. The van der Waals surface area contributed by atoms with Crippen molar-refractivity contribution >= 4 is 11.6 Å². The number of rotatable bonds is 8. The number of benzene rings is 1. The molecule has 1 nitrogen and oxygen atoms in total. The van der Waals surface area contributed by atoms with Crippen LogP contribution in [0.4, 0.5) is 0 Å². The normalized spacial score (nSPS) is 12.2. The molecule has 1 atom stereocenters. The number of hydrogen-bond donors (Lipinski definition) is 1. The Balaban J connectivity index is 2.10. The van der Waals surface area contributed by atoms with Crippen molar-refractivity contribution in [1.82, 2.24) is 5.32 Å². The fourth-order valence-corrected chi connectivity index (χ4v) is 2.11. The first-order chi connectivity index (χ1) is 9.08. The Morgan fingerprint density at radius 3 is 2.53 bits per heavy atom. The zero-order valence-corrected chi connectivity index (χ0v) is 13.1. The monoisotopic (exact) mass is 279 g/mol. The molecule has 0 aromatic heterocycles. The van der Waals surface area contributed by atoms with Crippen molar-refractivity contribution in [2.24, 2.45) is 5.92 Å². The third-order valence-electron chi connectivity index (χ3n) is 3.27. The van der Waals surface area contributed by atoms with Crippen LogP contribution in [0.5, 0.6) is 0 Å². The summed E-state index contributed by atoms with van der Waals surface area (Å²) >= 11 is 5.86. The second kappa shape index (κ2) is 9.17. The molecule has 0 radical (unpaired) electrons. The molecule has 19 heavy (non-hydrogen) atoms. The van der Waals surface area contributed by atoms with Crippen LogP contribution in [0.15, 0.2) is 35.9 Å². The lowest BCUT2D eigenvalue weighted by Gasteiger charge is -2.11. The molecule has 1 rings (SSSR count). The smallest absolute Gasteiger partial charge is 0.0406 e. The maximum atomic E-state index is 5.86. The molecule has 1 aromatic rings. The van der Waals surface area contributed by atoms with Gasteiger partial charge in [0.1, 0.15) is 0 Å². The van der Waals surface area contributed by atoms with Crippen molar-refractivity contribution in [1.29, 1.82) is 0 Å². The lowest BCUT2D eigenvalue weighted by Crippen LogP contribution is -2.16. The van der Waals surface area contributed by atoms with E-state index in [0.717, 1.165) is 24.0 Å². The van der Waals surface area contributed by atoms with Gasteiger partial charge in [0.25, 0.3) is 0 Å². The number of allylic oxidation sites excluding steroid dienone is 2. The molecule has 1 unspecified atom stereocenters. The van der Waals surface area contributed by atoms with E-state index in [1.807, 2.05) is 12.1 Å². The van der Waals surface area contributed by atoms with Gasteiger partial charge in [-0.1, -0.05) is 42.3 Å². The summed E-state index contributed by atoms with van der Waals surface area (Å²) in [6.45, 7) is 8.68. The Hall–Kier alpha value is -0.790. The highest BCUT2D eigenvalue weighted by Gasteiger charge is 2.00. The van der Waals surface area contributed by atoms with E-state index in [-0.39, 0.29) is 0 Å². The molecule has 0 saturated carbocycles. The van der Waals surface area contributed by atoms with Gasteiger partial charge in [-0.05, 0) is 63.3 Å². The van der Waals surface area contributed by atoms with Crippen molar-refractivity contribution in [2.75, 3.05) is 6.54 Å². The van der Waals surface area contributed by atoms with Crippen molar-refractivity contribution < 1.29 is 0 Å². The van der Waals surface area contributed by atoms with Gasteiger partial charge in [-0.3, -0.25) is 0 Å². The first-order valence-corrected chi connectivity index (χ1v) is 7.54. The van der Waals surface area contributed by atoms with E-state index in [9.17, 15) is 0 Å². The Morgan fingerprint density at radius 2 is 1.89 bits per heavy atom. The van der Waals surface area contributed by atoms with Crippen molar-refractivity contribution in [3.05, 3.63) is 46.5 Å². The van der Waals surface area contributed by atoms with Gasteiger partial charge in [0.2, 0.25) is 0 Å². The van der Waals surface area contributed by atoms with Gasteiger partial charge >= 0.3 is 0 Å². The van der Waals surface area contributed by atoms with Crippen LogP contribution in [-0.4, -0.2) is 6.54 Å². The van der Waals surface area contributed by atoms with Crippen LogP contribution in [0.3, 0.4) is 0 Å². The van der Waals surface area contributed by atoms with E-state index in [2.05, 4.69) is 44.3 Å². The largest absolute Gasteiger partial charge is 0.313 e. The van der Waals surface area contributed by atoms with Crippen LogP contribution >= 0.6 is 11.6 Å². The Kier molecular flexibility index (Phi) is 7.85. The third-order valence-corrected chi connectivity index (χ3v) is 3.52. The summed E-state index contributed by atoms with van der Waals surface area (Å²) in [6.07, 6.45) is 6.07. The van der Waals surface area contributed by atoms with Gasteiger partial charge in [0.05, 0.1) is 0 Å². The summed E-state index contributed by atoms with van der Waals surface area (Å²) in [6, 6.07) is 8.04. The Bertz CT molecular complexity index is 377. The second-order valence-corrected chi connectivity index (χ2v) is 5.99. The number of hydrogen-bond acceptors (Lipinski definition) is 1. The maximum Gasteiger partial charge on any atom is 0.0406 e. The fraction of sp³-hybridized carbons (Fsp3) is 0.529. The molecule has 0 aliphatic heterocycles. The molecule has 106 valence electrons. The van der Waals surface area contributed by atoms with Gasteiger partial charge < -0.3 is 5.32 Å². The van der Waals surface area contributed by atoms with Crippen LogP contribution < -0.4 is 5.32 Å². The Morgan fingerprint density at radius 1 is 1.21 bits per heavy atom. The first-order valence-electron chi connectivity index (χ1n) is 7.16. The number of nitrogens with one attached hydrogen (secondary N) is 1. The van der Waals surface area contributed by atoms with Crippen LogP contribution in [0.2, 0.25) is 5.02 Å². The minimum atomic E-state index is 0.785. The summed E-state index contributed by atoms with van der Waals surface area (Å²) in [5.41, 5.74) is 2.72. The molecule has 0 amide bonds. The third kappa shape index (κ3) is 8.07. The van der Waals surface area contributed by atoms with E-state index in [0.29, 0.717) is 0 Å². The van der Waals surface area contributed by atoms with Gasteiger partial charge in [-0.25, -0.2) is 0 Å². The Labute approximate surface area is 123 Å². The number of halogens is 1. The van der Waals surface area contributed by atoms with Crippen molar-refractivity contribution in [3.63, 3.8) is 0 Å². The fourth-order valence-electron chi connectivity index (χ4n) is 1.98. The van der Waals surface area contributed by atoms with E-state index < -0.39 is 0 Å². The zero-order valence-electron chi connectivity index (χ0n) is 12.4. The van der Waals surface area contributed by atoms with Crippen LogP contribution in [-0.2, 0) is 6.54 Å². The van der Waals surface area contributed by atoms with E-state index in [4.69, 9.17) is 11.6 Å². The molecule has 0 aliphatic rings. The lowest BCUT2D eigenvalue weighted by molar-refractivity contribution is 0.473. The molecule has 1 N–H and O–H groups in total. The lowest BCUT2D eigenvalue weighted by atomic mass is 10.0. The van der Waals surface area contributed by atoms with Gasteiger partial charge in [-0.2, -0.15) is 0 Å². The molecule has 0 spiro atoms. The SMILES string of the molecule is CC(C)=CCCC(C)CCNCc1ccc(Cl)cc1. The molecular formula is C17H26ClN. The van der Waals surface area contributed by atoms with Crippen LogP contribution in [0.25, 0.3) is 0 Å². The molecule has 0 heterocycles. The predicted molar refractivity (Wildman–Crippen MR) is 85.6 cm³/mol. The second-order valence-electron chi connectivity index (χ2n) is 5.56. The topological polar surface area (TPSA) is 12.0 Å². The van der Waals surface area contributed by atoms with Gasteiger partial charge in [0.15, 0.2) is 0 Å². The average Bonchev–Trinajstić information content (AvgIpc) is 2.36. The van der Waals surface area contributed by atoms with E-state index in [1.165, 1.54) is 30.4 Å². The molecule has 2 heteroatoms. The molecule has 0 fully saturated rings. The van der Waals surface area contributed by atoms with Gasteiger partial charge in [-0.15, -0.1) is 0 Å². The van der Waals surface area contributed by atoms with Crippen molar-refractivity contribution in [3.8, 4) is 0 Å².